The standard InChI is InChI=1S/C15H11IN4/c16-13-7-5-11(6-8-13)9-17-19-15-14-4-2-1-3-12(14)10-18-20-15/h1-10H,(H,19,20)/b17-9+. The molecule has 0 unspecified atom stereocenters. The van der Waals surface area contributed by atoms with Crippen molar-refractivity contribution in [2.75, 3.05) is 5.43 Å². The maximum atomic E-state index is 4.21. The van der Waals surface area contributed by atoms with Gasteiger partial charge in [0, 0.05) is 14.3 Å². The fourth-order valence-corrected chi connectivity index (χ4v) is 2.19. The van der Waals surface area contributed by atoms with E-state index in [4.69, 9.17) is 0 Å². The summed E-state index contributed by atoms with van der Waals surface area (Å²) in [6.45, 7) is 0. The molecule has 98 valence electrons. The lowest BCUT2D eigenvalue weighted by Gasteiger charge is -2.02. The highest BCUT2D eigenvalue weighted by Crippen LogP contribution is 2.18. The number of benzene rings is 2. The van der Waals surface area contributed by atoms with Gasteiger partial charge < -0.3 is 0 Å². The van der Waals surface area contributed by atoms with Crippen LogP contribution < -0.4 is 5.43 Å². The van der Waals surface area contributed by atoms with Gasteiger partial charge in [0.05, 0.1) is 12.4 Å². The Morgan fingerprint density at radius 2 is 1.85 bits per heavy atom. The molecule has 0 fully saturated rings. The second-order valence-electron chi connectivity index (χ2n) is 4.20. The van der Waals surface area contributed by atoms with Crippen molar-refractivity contribution in [1.29, 1.82) is 0 Å². The largest absolute Gasteiger partial charge is 0.259 e. The minimum Gasteiger partial charge on any atom is -0.259 e. The predicted molar refractivity (Wildman–Crippen MR) is 89.9 cm³/mol. The van der Waals surface area contributed by atoms with Crippen LogP contribution in [0.4, 0.5) is 5.82 Å². The summed E-state index contributed by atoms with van der Waals surface area (Å²) in [4.78, 5) is 0. The van der Waals surface area contributed by atoms with E-state index in [0.29, 0.717) is 5.82 Å². The zero-order valence-electron chi connectivity index (χ0n) is 10.5. The molecule has 0 radical (unpaired) electrons. The highest BCUT2D eigenvalue weighted by Gasteiger charge is 2.00. The lowest BCUT2D eigenvalue weighted by atomic mass is 10.2. The van der Waals surface area contributed by atoms with Gasteiger partial charge in [-0.15, -0.1) is 5.10 Å². The number of fused-ring (bicyclic) bond motifs is 1. The van der Waals surface area contributed by atoms with Crippen molar-refractivity contribution in [3.8, 4) is 0 Å². The van der Waals surface area contributed by atoms with E-state index < -0.39 is 0 Å². The third-order valence-electron chi connectivity index (χ3n) is 2.82. The lowest BCUT2D eigenvalue weighted by molar-refractivity contribution is 1.04. The zero-order valence-corrected chi connectivity index (χ0v) is 12.7. The quantitative estimate of drug-likeness (QED) is 0.432. The van der Waals surface area contributed by atoms with Crippen LogP contribution in [0.25, 0.3) is 10.8 Å². The number of aromatic nitrogens is 2. The number of nitrogens with zero attached hydrogens (tertiary/aromatic N) is 3. The zero-order chi connectivity index (χ0) is 13.8. The molecule has 5 heteroatoms. The highest BCUT2D eigenvalue weighted by atomic mass is 127. The van der Waals surface area contributed by atoms with Crippen molar-refractivity contribution in [3.05, 3.63) is 63.9 Å². The van der Waals surface area contributed by atoms with E-state index in [2.05, 4.69) is 43.3 Å². The number of hydrogen-bond acceptors (Lipinski definition) is 4. The Kier molecular flexibility index (Phi) is 3.87. The molecule has 0 atom stereocenters. The first-order chi connectivity index (χ1) is 9.83. The van der Waals surface area contributed by atoms with Gasteiger partial charge in [-0.2, -0.15) is 10.2 Å². The molecule has 0 aliphatic carbocycles. The Morgan fingerprint density at radius 3 is 2.70 bits per heavy atom. The van der Waals surface area contributed by atoms with Gasteiger partial charge in [0.15, 0.2) is 5.82 Å². The normalized spacial score (nSPS) is 11.1. The molecule has 3 aromatic rings. The summed E-state index contributed by atoms with van der Waals surface area (Å²) in [5, 5.41) is 14.3. The van der Waals surface area contributed by atoms with Crippen LogP contribution in [-0.2, 0) is 0 Å². The minimum atomic E-state index is 0.657. The summed E-state index contributed by atoms with van der Waals surface area (Å²) in [5.41, 5.74) is 3.98. The van der Waals surface area contributed by atoms with E-state index in [9.17, 15) is 0 Å². The van der Waals surface area contributed by atoms with Gasteiger partial charge >= 0.3 is 0 Å². The van der Waals surface area contributed by atoms with Crippen LogP contribution in [0.3, 0.4) is 0 Å². The van der Waals surface area contributed by atoms with E-state index in [1.165, 1.54) is 3.57 Å². The van der Waals surface area contributed by atoms with Crippen LogP contribution in [0.1, 0.15) is 5.56 Å². The maximum Gasteiger partial charge on any atom is 0.176 e. The van der Waals surface area contributed by atoms with Crippen LogP contribution >= 0.6 is 22.6 Å². The molecule has 1 N–H and O–H groups in total. The molecular formula is C15H11IN4. The molecule has 0 saturated heterocycles. The van der Waals surface area contributed by atoms with Crippen LogP contribution in [0.2, 0.25) is 0 Å². The summed E-state index contributed by atoms with van der Waals surface area (Å²) < 4.78 is 1.20. The van der Waals surface area contributed by atoms with Crippen molar-refractivity contribution >= 4 is 45.4 Å². The fourth-order valence-electron chi connectivity index (χ4n) is 1.83. The molecule has 0 saturated carbocycles. The smallest absolute Gasteiger partial charge is 0.176 e. The molecule has 0 amide bonds. The number of hydrazone groups is 1. The lowest BCUT2D eigenvalue weighted by Crippen LogP contribution is -1.96. The third kappa shape index (κ3) is 2.93. The van der Waals surface area contributed by atoms with Gasteiger partial charge in [-0.1, -0.05) is 36.4 Å². The third-order valence-corrected chi connectivity index (χ3v) is 3.54. The molecule has 3 rings (SSSR count). The van der Waals surface area contributed by atoms with E-state index in [-0.39, 0.29) is 0 Å². The predicted octanol–water partition coefficient (Wildman–Crippen LogP) is 3.68. The van der Waals surface area contributed by atoms with Gasteiger partial charge in [0.25, 0.3) is 0 Å². The number of rotatable bonds is 3. The van der Waals surface area contributed by atoms with Gasteiger partial charge in [-0.25, -0.2) is 0 Å². The molecular weight excluding hydrogens is 363 g/mol. The number of nitrogens with one attached hydrogen (secondary N) is 1. The summed E-state index contributed by atoms with van der Waals surface area (Å²) in [6, 6.07) is 16.0. The van der Waals surface area contributed by atoms with Gasteiger partial charge in [0.1, 0.15) is 0 Å². The van der Waals surface area contributed by atoms with Crippen molar-refractivity contribution in [1.82, 2.24) is 10.2 Å². The van der Waals surface area contributed by atoms with Gasteiger partial charge in [-0.3, -0.25) is 5.43 Å². The fraction of sp³-hybridized carbons (Fsp3) is 0. The van der Waals surface area contributed by atoms with Crippen LogP contribution in [0.15, 0.2) is 59.8 Å². The Bertz CT molecular complexity index is 748. The van der Waals surface area contributed by atoms with Crippen LogP contribution in [0, 0.1) is 3.57 Å². The Morgan fingerprint density at radius 1 is 1.05 bits per heavy atom. The van der Waals surface area contributed by atoms with Gasteiger partial charge in [-0.05, 0) is 40.3 Å². The SMILES string of the molecule is Ic1ccc(/C=N/Nc2nncc3ccccc23)cc1. The minimum absolute atomic E-state index is 0.657. The first kappa shape index (κ1) is 13.0. The van der Waals surface area contributed by atoms with Crippen molar-refractivity contribution in [2.45, 2.75) is 0 Å². The Balaban J connectivity index is 1.81. The molecule has 1 heterocycles. The first-order valence-corrected chi connectivity index (χ1v) is 7.16. The van der Waals surface area contributed by atoms with E-state index in [1.807, 2.05) is 48.5 Å². The Labute approximate surface area is 130 Å². The van der Waals surface area contributed by atoms with Crippen LogP contribution in [-0.4, -0.2) is 16.4 Å². The topological polar surface area (TPSA) is 50.2 Å². The summed E-state index contributed by atoms with van der Waals surface area (Å²) in [5.74, 6) is 0.657. The van der Waals surface area contributed by atoms with Gasteiger partial charge in [0.2, 0.25) is 0 Å². The molecule has 4 nitrogen and oxygen atoms in total. The monoisotopic (exact) mass is 374 g/mol. The molecule has 0 aliphatic heterocycles. The summed E-state index contributed by atoms with van der Waals surface area (Å²) in [6.07, 6.45) is 3.50. The van der Waals surface area contributed by atoms with E-state index in [0.717, 1.165) is 16.3 Å². The van der Waals surface area contributed by atoms with Crippen molar-refractivity contribution < 1.29 is 0 Å². The average Bonchev–Trinajstić information content (AvgIpc) is 2.49. The molecule has 2 aromatic carbocycles. The second-order valence-corrected chi connectivity index (χ2v) is 5.45. The molecule has 0 aliphatic rings. The number of anilines is 1. The molecule has 20 heavy (non-hydrogen) atoms. The van der Waals surface area contributed by atoms with Crippen LogP contribution in [0.5, 0.6) is 0 Å². The molecule has 0 spiro atoms. The summed E-state index contributed by atoms with van der Waals surface area (Å²) >= 11 is 2.27. The molecule has 0 bridgehead atoms. The highest BCUT2D eigenvalue weighted by molar-refractivity contribution is 14.1. The molecule has 1 aromatic heterocycles. The van der Waals surface area contributed by atoms with E-state index in [1.54, 1.807) is 12.4 Å². The number of halogens is 1. The van der Waals surface area contributed by atoms with E-state index >= 15 is 0 Å². The first-order valence-electron chi connectivity index (χ1n) is 6.08. The van der Waals surface area contributed by atoms with Crippen molar-refractivity contribution in [3.63, 3.8) is 0 Å². The van der Waals surface area contributed by atoms with Crippen molar-refractivity contribution in [2.24, 2.45) is 5.10 Å². The second kappa shape index (κ2) is 5.96. The Hall–Kier alpha value is -2.02. The average molecular weight is 374 g/mol. The maximum absolute atomic E-state index is 4.21. The number of hydrogen-bond donors (Lipinski definition) is 1. The summed E-state index contributed by atoms with van der Waals surface area (Å²) in [7, 11) is 0.